The molecule has 1 unspecified atom stereocenters. The molecule has 0 radical (unpaired) electrons. The lowest BCUT2D eigenvalue weighted by atomic mass is 9.99. The molecule has 0 spiro atoms. The van der Waals surface area contributed by atoms with Crippen LogP contribution in [0, 0.1) is 27.7 Å². The molecule has 1 atom stereocenters. The second-order valence-electron chi connectivity index (χ2n) is 5.86. The van der Waals surface area contributed by atoms with Gasteiger partial charge < -0.3 is 5.32 Å². The molecule has 0 saturated carbocycles. The van der Waals surface area contributed by atoms with Crippen molar-refractivity contribution in [1.82, 2.24) is 5.32 Å². The van der Waals surface area contributed by atoms with Crippen molar-refractivity contribution >= 4 is 5.91 Å². The zero-order chi connectivity index (χ0) is 15.6. The van der Waals surface area contributed by atoms with Gasteiger partial charge >= 0.3 is 0 Å². The molecule has 0 heterocycles. The van der Waals surface area contributed by atoms with E-state index in [2.05, 4.69) is 49.5 Å². The van der Waals surface area contributed by atoms with Crippen LogP contribution in [0.25, 0.3) is 0 Å². The van der Waals surface area contributed by atoms with Crippen LogP contribution in [0.5, 0.6) is 0 Å². The number of nitrogens with one attached hydrogen (secondary N) is 1. The topological polar surface area (TPSA) is 29.1 Å². The predicted octanol–water partition coefficient (Wildman–Crippen LogP) is 4.41. The monoisotopic (exact) mass is 281 g/mol. The van der Waals surface area contributed by atoms with Gasteiger partial charge in [-0.25, -0.2) is 0 Å². The second kappa shape index (κ2) is 6.13. The summed E-state index contributed by atoms with van der Waals surface area (Å²) in [5, 5.41) is 3.08. The van der Waals surface area contributed by atoms with Gasteiger partial charge in [0.1, 0.15) is 0 Å². The fourth-order valence-electron chi connectivity index (χ4n) is 2.42. The third-order valence-electron chi connectivity index (χ3n) is 4.01. The van der Waals surface area contributed by atoms with Gasteiger partial charge in [-0.2, -0.15) is 0 Å². The minimum Gasteiger partial charge on any atom is -0.346 e. The number of amides is 1. The van der Waals surface area contributed by atoms with Crippen LogP contribution in [0.15, 0.2) is 36.4 Å². The van der Waals surface area contributed by atoms with E-state index in [-0.39, 0.29) is 11.9 Å². The maximum atomic E-state index is 12.5. The van der Waals surface area contributed by atoms with Gasteiger partial charge in [0.2, 0.25) is 0 Å². The Morgan fingerprint density at radius 2 is 1.48 bits per heavy atom. The highest BCUT2D eigenvalue weighted by Crippen LogP contribution is 2.18. The first kappa shape index (κ1) is 15.3. The van der Waals surface area contributed by atoms with Crippen molar-refractivity contribution < 1.29 is 4.79 Å². The zero-order valence-electron chi connectivity index (χ0n) is 13.4. The molecule has 2 nitrogen and oxygen atoms in total. The Kier molecular flexibility index (Phi) is 4.46. The Labute approximate surface area is 127 Å². The lowest BCUT2D eigenvalue weighted by molar-refractivity contribution is 0.0939. The van der Waals surface area contributed by atoms with Crippen LogP contribution in [0.3, 0.4) is 0 Å². The number of benzene rings is 2. The minimum atomic E-state index is -0.0105. The number of carbonyl (C=O) groups is 1. The van der Waals surface area contributed by atoms with Crippen LogP contribution in [0.4, 0.5) is 0 Å². The molecule has 110 valence electrons. The summed E-state index contributed by atoms with van der Waals surface area (Å²) < 4.78 is 0. The van der Waals surface area contributed by atoms with E-state index in [4.69, 9.17) is 0 Å². The second-order valence-corrected chi connectivity index (χ2v) is 5.86. The molecule has 1 N–H and O–H groups in total. The maximum Gasteiger partial charge on any atom is 0.252 e. The van der Waals surface area contributed by atoms with Crippen molar-refractivity contribution in [1.29, 1.82) is 0 Å². The summed E-state index contributed by atoms with van der Waals surface area (Å²) >= 11 is 0. The van der Waals surface area contributed by atoms with Crippen molar-refractivity contribution in [2.75, 3.05) is 0 Å². The molecule has 2 heteroatoms. The maximum absolute atomic E-state index is 12.5. The van der Waals surface area contributed by atoms with Crippen LogP contribution in [-0.2, 0) is 0 Å². The summed E-state index contributed by atoms with van der Waals surface area (Å²) in [6.45, 7) is 10.2. The predicted molar refractivity (Wildman–Crippen MR) is 87.7 cm³/mol. The number of aryl methyl sites for hydroxylation is 4. The van der Waals surface area contributed by atoms with Gasteiger partial charge in [0, 0.05) is 5.56 Å². The molecule has 0 bridgehead atoms. The molecule has 2 aromatic rings. The number of hydrogen-bond acceptors (Lipinski definition) is 1. The van der Waals surface area contributed by atoms with Crippen LogP contribution in [0.2, 0.25) is 0 Å². The standard InChI is InChI=1S/C19H23NO/c1-12-6-8-17(9-7-12)16(5)20-19(21)18-11-14(3)13(2)10-15(18)4/h6-11,16H,1-5H3,(H,20,21). The van der Waals surface area contributed by atoms with E-state index in [1.54, 1.807) is 0 Å². The van der Waals surface area contributed by atoms with Crippen molar-refractivity contribution in [3.8, 4) is 0 Å². The highest BCUT2D eigenvalue weighted by atomic mass is 16.1. The number of rotatable bonds is 3. The van der Waals surface area contributed by atoms with Crippen molar-refractivity contribution in [3.05, 3.63) is 69.8 Å². The lowest BCUT2D eigenvalue weighted by Crippen LogP contribution is -2.27. The van der Waals surface area contributed by atoms with Gasteiger partial charge in [-0.3, -0.25) is 4.79 Å². The molecule has 0 aliphatic carbocycles. The third kappa shape index (κ3) is 3.52. The highest BCUT2D eigenvalue weighted by molar-refractivity contribution is 5.96. The smallest absolute Gasteiger partial charge is 0.252 e. The molecule has 2 aromatic carbocycles. The average molecular weight is 281 g/mol. The summed E-state index contributed by atoms with van der Waals surface area (Å²) in [6.07, 6.45) is 0. The molecule has 0 aliphatic rings. The Bertz CT molecular complexity index is 656. The normalized spacial score (nSPS) is 12.0. The molecule has 2 rings (SSSR count). The van der Waals surface area contributed by atoms with Crippen molar-refractivity contribution in [3.63, 3.8) is 0 Å². The van der Waals surface area contributed by atoms with E-state index in [0.717, 1.165) is 22.3 Å². The third-order valence-corrected chi connectivity index (χ3v) is 4.01. The SMILES string of the molecule is Cc1ccc(C(C)NC(=O)c2cc(C)c(C)cc2C)cc1. The van der Waals surface area contributed by atoms with Gasteiger partial charge in [-0.1, -0.05) is 35.9 Å². The lowest BCUT2D eigenvalue weighted by Gasteiger charge is -2.16. The van der Waals surface area contributed by atoms with Gasteiger partial charge in [-0.05, 0) is 62.9 Å². The highest BCUT2D eigenvalue weighted by Gasteiger charge is 2.14. The van der Waals surface area contributed by atoms with E-state index in [0.29, 0.717) is 0 Å². The first-order valence-electron chi connectivity index (χ1n) is 7.33. The average Bonchev–Trinajstić information content (AvgIpc) is 2.43. The summed E-state index contributed by atoms with van der Waals surface area (Å²) in [7, 11) is 0. The fourth-order valence-corrected chi connectivity index (χ4v) is 2.42. The molecule has 0 fully saturated rings. The Morgan fingerprint density at radius 3 is 2.10 bits per heavy atom. The van der Waals surface area contributed by atoms with Crippen molar-refractivity contribution in [2.45, 2.75) is 40.7 Å². The molecular formula is C19H23NO. The van der Waals surface area contributed by atoms with Crippen LogP contribution in [-0.4, -0.2) is 5.91 Å². The van der Waals surface area contributed by atoms with E-state index < -0.39 is 0 Å². The van der Waals surface area contributed by atoms with Crippen LogP contribution in [0.1, 0.15) is 51.1 Å². The summed E-state index contributed by atoms with van der Waals surface area (Å²) in [6, 6.07) is 12.3. The molecule has 0 saturated heterocycles. The van der Waals surface area contributed by atoms with E-state index in [1.165, 1.54) is 11.1 Å². The molecule has 21 heavy (non-hydrogen) atoms. The summed E-state index contributed by atoms with van der Waals surface area (Å²) in [4.78, 5) is 12.5. The Morgan fingerprint density at radius 1 is 0.905 bits per heavy atom. The summed E-state index contributed by atoms with van der Waals surface area (Å²) in [5.74, 6) is -0.0105. The van der Waals surface area contributed by atoms with Crippen LogP contribution < -0.4 is 5.32 Å². The van der Waals surface area contributed by atoms with Gasteiger partial charge in [0.25, 0.3) is 5.91 Å². The first-order chi connectivity index (χ1) is 9.88. The van der Waals surface area contributed by atoms with Gasteiger partial charge in [0.15, 0.2) is 0 Å². The van der Waals surface area contributed by atoms with E-state index in [1.807, 2.05) is 26.8 Å². The Hall–Kier alpha value is -2.09. The molecule has 1 amide bonds. The van der Waals surface area contributed by atoms with Gasteiger partial charge in [-0.15, -0.1) is 0 Å². The van der Waals surface area contributed by atoms with Crippen LogP contribution >= 0.6 is 0 Å². The largest absolute Gasteiger partial charge is 0.346 e. The molecule has 0 aromatic heterocycles. The first-order valence-corrected chi connectivity index (χ1v) is 7.33. The number of hydrogen-bond donors (Lipinski definition) is 1. The molecule has 0 aliphatic heterocycles. The van der Waals surface area contributed by atoms with Gasteiger partial charge in [0.05, 0.1) is 6.04 Å². The molecular weight excluding hydrogens is 258 g/mol. The quantitative estimate of drug-likeness (QED) is 0.887. The summed E-state index contributed by atoms with van der Waals surface area (Å²) in [5.41, 5.74) is 6.49. The zero-order valence-corrected chi connectivity index (χ0v) is 13.4. The van der Waals surface area contributed by atoms with E-state index in [9.17, 15) is 4.79 Å². The van der Waals surface area contributed by atoms with E-state index >= 15 is 0 Å². The Balaban J connectivity index is 2.18. The minimum absolute atomic E-state index is 0.000825. The van der Waals surface area contributed by atoms with Crippen molar-refractivity contribution in [2.24, 2.45) is 0 Å². The fraction of sp³-hybridized carbons (Fsp3) is 0.316. The number of carbonyl (C=O) groups excluding carboxylic acids is 1.